The maximum atomic E-state index is 5.36. The largest absolute Gasteiger partial charge is 0.380 e. The molecule has 1 rings (SSSR count). The van der Waals surface area contributed by atoms with Crippen molar-refractivity contribution in [3.05, 3.63) is 30.1 Å². The zero-order chi connectivity index (χ0) is 10.6. The fraction of sp³-hybridized carbons (Fsp3) is 0.500. The second-order valence-electron chi connectivity index (χ2n) is 3.18. The third-order valence-electron chi connectivity index (χ3n) is 2.12. The zero-order valence-corrected chi connectivity index (χ0v) is 9.65. The van der Waals surface area contributed by atoms with Gasteiger partial charge in [0.25, 0.3) is 0 Å². The molecule has 2 unspecified atom stereocenters. The Morgan fingerprint density at radius 1 is 1.43 bits per heavy atom. The zero-order valence-electron chi connectivity index (χ0n) is 8.65. The number of pyridine rings is 1. The molecule has 1 aromatic rings. The van der Waals surface area contributed by atoms with Gasteiger partial charge in [-0.25, -0.2) is 0 Å². The smallest absolute Gasteiger partial charge is 0.124 e. The number of nitrogens with zero attached hydrogens (tertiary/aromatic N) is 1. The number of ether oxygens (including phenoxy) is 2. The van der Waals surface area contributed by atoms with Crippen LogP contribution in [0.3, 0.4) is 0 Å². The Labute approximate surface area is 87.9 Å². The Balaban J connectivity index is 2.93. The van der Waals surface area contributed by atoms with Crippen LogP contribution in [0.15, 0.2) is 24.4 Å². The highest BCUT2D eigenvalue weighted by Gasteiger charge is 2.31. The summed E-state index contributed by atoms with van der Waals surface area (Å²) in [5.74, 6) is 0. The maximum Gasteiger partial charge on any atom is 0.124 e. The first-order chi connectivity index (χ1) is 6.61. The third kappa shape index (κ3) is 2.40. The molecule has 0 amide bonds. The number of rotatable bonds is 4. The molecule has 0 saturated carbocycles. The van der Waals surface area contributed by atoms with Gasteiger partial charge < -0.3 is 9.47 Å². The maximum absolute atomic E-state index is 5.36. The highest BCUT2D eigenvalue weighted by molar-refractivity contribution is 6.14. The molecule has 75 valence electrons. The third-order valence-corrected chi connectivity index (χ3v) is 2.58. The Kier molecular flexibility index (Phi) is 3.80. The minimum Gasteiger partial charge on any atom is -0.380 e. The number of aromatic nitrogens is 1. The predicted molar refractivity (Wildman–Crippen MR) is 55.2 cm³/mol. The van der Waals surface area contributed by atoms with Gasteiger partial charge in [0.2, 0.25) is 0 Å². The van der Waals surface area contributed by atoms with Crippen molar-refractivity contribution >= 4 is 10.2 Å². The van der Waals surface area contributed by atoms with E-state index < -0.39 is 5.22 Å². The van der Waals surface area contributed by atoms with Gasteiger partial charge in [-0.2, -0.15) is 0 Å². The number of hydrogen-bond acceptors (Lipinski definition) is 3. The molecule has 0 aliphatic heterocycles. The Morgan fingerprint density at radius 3 is 2.57 bits per heavy atom. The quantitative estimate of drug-likeness (QED) is 0.699. The average molecular weight is 208 g/mol. The van der Waals surface area contributed by atoms with E-state index in [2.05, 4.69) is 15.2 Å². The van der Waals surface area contributed by atoms with E-state index in [0.717, 1.165) is 5.69 Å². The van der Waals surface area contributed by atoms with Crippen LogP contribution in [-0.2, 0) is 9.47 Å². The van der Waals surface area contributed by atoms with Crippen molar-refractivity contribution in [2.75, 3.05) is 14.2 Å². The summed E-state index contributed by atoms with van der Waals surface area (Å²) >= 11 is 0. The van der Waals surface area contributed by atoms with Crippen molar-refractivity contribution in [2.45, 2.75) is 18.3 Å². The normalized spacial score (nSPS) is 17.4. The molecule has 3 radical (unpaired) electrons. The Hall–Kier alpha value is -0.713. The lowest BCUT2D eigenvalue weighted by Gasteiger charge is -2.31. The van der Waals surface area contributed by atoms with E-state index in [1.165, 1.54) is 0 Å². The van der Waals surface area contributed by atoms with Gasteiger partial charge in [-0.05, 0) is 19.1 Å². The molecule has 14 heavy (non-hydrogen) atoms. The molecule has 0 saturated heterocycles. The lowest BCUT2D eigenvalue weighted by Crippen LogP contribution is -2.37. The van der Waals surface area contributed by atoms with E-state index in [4.69, 9.17) is 9.47 Å². The summed E-state index contributed by atoms with van der Waals surface area (Å²) in [5, 5.41) is -0.566. The molecular formula is C10H14NO2Si. The highest BCUT2D eigenvalue weighted by atomic mass is 28.1. The monoisotopic (exact) mass is 208 g/mol. The van der Waals surface area contributed by atoms with Crippen LogP contribution in [0.5, 0.6) is 0 Å². The summed E-state index contributed by atoms with van der Waals surface area (Å²) in [6.45, 7) is 1.90. The SMILES string of the molecule is COC(c1ccccn1)C(C)([Si])OC. The number of hydrogen-bond donors (Lipinski definition) is 0. The van der Waals surface area contributed by atoms with Crippen LogP contribution in [-0.4, -0.2) is 34.7 Å². The van der Waals surface area contributed by atoms with E-state index >= 15 is 0 Å². The molecule has 2 atom stereocenters. The van der Waals surface area contributed by atoms with Crippen LogP contribution in [0.1, 0.15) is 18.7 Å². The predicted octanol–water partition coefficient (Wildman–Crippen LogP) is 1.30. The van der Waals surface area contributed by atoms with Crippen molar-refractivity contribution in [3.8, 4) is 0 Å². The molecule has 0 aliphatic rings. The lowest BCUT2D eigenvalue weighted by atomic mass is 10.1. The average Bonchev–Trinajstić information content (AvgIpc) is 2.20. The van der Waals surface area contributed by atoms with Crippen molar-refractivity contribution in [2.24, 2.45) is 0 Å². The van der Waals surface area contributed by atoms with Crippen molar-refractivity contribution < 1.29 is 9.47 Å². The van der Waals surface area contributed by atoms with Crippen LogP contribution >= 0.6 is 0 Å². The van der Waals surface area contributed by atoms with Gasteiger partial charge in [0.05, 0.1) is 21.2 Å². The van der Waals surface area contributed by atoms with Crippen LogP contribution in [0.2, 0.25) is 0 Å². The highest BCUT2D eigenvalue weighted by Crippen LogP contribution is 2.27. The first kappa shape index (κ1) is 11.4. The molecule has 0 aromatic carbocycles. The second kappa shape index (κ2) is 4.68. The molecular weight excluding hydrogens is 194 g/mol. The van der Waals surface area contributed by atoms with E-state index in [9.17, 15) is 0 Å². The van der Waals surface area contributed by atoms with Crippen LogP contribution < -0.4 is 0 Å². The van der Waals surface area contributed by atoms with E-state index in [1.807, 2.05) is 25.1 Å². The fourth-order valence-corrected chi connectivity index (χ4v) is 1.53. The molecule has 0 spiro atoms. The Morgan fingerprint density at radius 2 is 2.14 bits per heavy atom. The van der Waals surface area contributed by atoms with Gasteiger partial charge in [-0.1, -0.05) is 6.07 Å². The molecule has 4 heteroatoms. The van der Waals surface area contributed by atoms with Gasteiger partial charge >= 0.3 is 0 Å². The van der Waals surface area contributed by atoms with Crippen molar-refractivity contribution in [1.29, 1.82) is 0 Å². The van der Waals surface area contributed by atoms with Gasteiger partial charge in [-0.15, -0.1) is 0 Å². The summed E-state index contributed by atoms with van der Waals surface area (Å²) in [6, 6.07) is 5.70. The van der Waals surface area contributed by atoms with Crippen LogP contribution in [0.25, 0.3) is 0 Å². The summed E-state index contributed by atoms with van der Waals surface area (Å²) in [7, 11) is 6.77. The van der Waals surface area contributed by atoms with Gasteiger partial charge in [0, 0.05) is 20.4 Å². The molecule has 1 aromatic heterocycles. The molecule has 0 fully saturated rings. The van der Waals surface area contributed by atoms with E-state index in [1.54, 1.807) is 20.4 Å². The van der Waals surface area contributed by atoms with Gasteiger partial charge in [-0.3, -0.25) is 4.98 Å². The molecule has 1 heterocycles. The fourth-order valence-electron chi connectivity index (χ4n) is 1.27. The van der Waals surface area contributed by atoms with E-state index in [-0.39, 0.29) is 6.10 Å². The molecule has 0 aliphatic carbocycles. The van der Waals surface area contributed by atoms with Gasteiger partial charge in [0.1, 0.15) is 6.10 Å². The van der Waals surface area contributed by atoms with Crippen molar-refractivity contribution in [1.82, 2.24) is 4.98 Å². The minimum atomic E-state index is -0.566. The standard InChI is InChI=1S/C10H14NO2Si/c1-10(14,13-3)9(12-2)8-6-4-5-7-11-8/h4-7,9H,1-3H3. The first-order valence-electron chi connectivity index (χ1n) is 4.35. The molecule has 0 N–H and O–H groups in total. The lowest BCUT2D eigenvalue weighted by molar-refractivity contribution is -0.0580. The summed E-state index contributed by atoms with van der Waals surface area (Å²) < 4.78 is 10.6. The van der Waals surface area contributed by atoms with Crippen LogP contribution in [0, 0.1) is 0 Å². The second-order valence-corrected chi connectivity index (χ2v) is 4.17. The summed E-state index contributed by atoms with van der Waals surface area (Å²) in [5.41, 5.74) is 0.842. The van der Waals surface area contributed by atoms with Gasteiger partial charge in [0.15, 0.2) is 0 Å². The minimum absolute atomic E-state index is 0.231. The summed E-state index contributed by atoms with van der Waals surface area (Å²) in [6.07, 6.45) is 1.50. The molecule has 0 bridgehead atoms. The van der Waals surface area contributed by atoms with Crippen molar-refractivity contribution in [3.63, 3.8) is 0 Å². The van der Waals surface area contributed by atoms with E-state index in [0.29, 0.717) is 0 Å². The Bertz CT molecular complexity index is 277. The topological polar surface area (TPSA) is 31.4 Å². The number of methoxy groups -OCH3 is 2. The van der Waals surface area contributed by atoms with Crippen LogP contribution in [0.4, 0.5) is 0 Å². The summed E-state index contributed by atoms with van der Waals surface area (Å²) in [4.78, 5) is 4.23. The molecule has 3 nitrogen and oxygen atoms in total. The first-order valence-corrected chi connectivity index (χ1v) is 4.85.